The first-order valence-electron chi connectivity index (χ1n) is 7.60. The molecule has 124 valence electrons. The van der Waals surface area contributed by atoms with Gasteiger partial charge in [0.15, 0.2) is 0 Å². The third-order valence-electron chi connectivity index (χ3n) is 3.41. The Hall–Kier alpha value is -1.14. The van der Waals surface area contributed by atoms with Crippen LogP contribution in [0.2, 0.25) is 0 Å². The molecule has 0 aromatic heterocycles. The lowest BCUT2D eigenvalue weighted by atomic mass is 9.87. The zero-order valence-electron chi connectivity index (χ0n) is 13.6. The molecule has 0 aromatic carbocycles. The average molecular weight is 302 g/mol. The predicted molar refractivity (Wildman–Crippen MR) is 81.6 cm³/mol. The number of hydrogen-bond donors (Lipinski definition) is 4. The van der Waals surface area contributed by atoms with Crippen molar-refractivity contribution in [2.24, 2.45) is 5.41 Å². The molecule has 0 radical (unpaired) electrons. The van der Waals surface area contributed by atoms with E-state index >= 15 is 0 Å². The van der Waals surface area contributed by atoms with Crippen molar-refractivity contribution < 1.29 is 19.8 Å². The summed E-state index contributed by atoms with van der Waals surface area (Å²) in [5, 5.41) is 24.3. The summed E-state index contributed by atoms with van der Waals surface area (Å²) in [4.78, 5) is 23.3. The number of carbonyl (C=O) groups is 2. The zero-order valence-corrected chi connectivity index (χ0v) is 13.6. The minimum atomic E-state index is -1.26. The third kappa shape index (κ3) is 8.02. The highest BCUT2D eigenvalue weighted by Crippen LogP contribution is 2.19. The SMILES string of the molecule is CCCC(C)NC(=O)CCCNC(=O)[C@H](O)C(C)(C)CO. The molecule has 2 amide bonds. The van der Waals surface area contributed by atoms with E-state index in [0.29, 0.717) is 19.4 Å². The third-order valence-corrected chi connectivity index (χ3v) is 3.41. The lowest BCUT2D eigenvalue weighted by Crippen LogP contribution is -2.45. The highest BCUT2D eigenvalue weighted by Gasteiger charge is 2.32. The van der Waals surface area contributed by atoms with Crippen LogP contribution < -0.4 is 10.6 Å². The van der Waals surface area contributed by atoms with Crippen LogP contribution in [0.4, 0.5) is 0 Å². The van der Waals surface area contributed by atoms with Crippen molar-refractivity contribution in [2.75, 3.05) is 13.2 Å². The number of hydrogen-bond acceptors (Lipinski definition) is 4. The van der Waals surface area contributed by atoms with Gasteiger partial charge < -0.3 is 20.8 Å². The molecule has 0 aliphatic rings. The normalized spacial score (nSPS) is 14.4. The second-order valence-corrected chi connectivity index (χ2v) is 6.20. The lowest BCUT2D eigenvalue weighted by molar-refractivity contribution is -0.137. The Balaban J connectivity index is 3.90. The predicted octanol–water partition coefficient (Wildman–Crippen LogP) is 0.567. The van der Waals surface area contributed by atoms with Crippen LogP contribution in [0.3, 0.4) is 0 Å². The number of rotatable bonds is 10. The molecule has 0 aromatic rings. The Morgan fingerprint density at radius 1 is 1.29 bits per heavy atom. The summed E-state index contributed by atoms with van der Waals surface area (Å²) in [5.74, 6) is -0.546. The molecule has 4 N–H and O–H groups in total. The summed E-state index contributed by atoms with van der Waals surface area (Å²) >= 11 is 0. The van der Waals surface area contributed by atoms with Crippen LogP contribution >= 0.6 is 0 Å². The highest BCUT2D eigenvalue weighted by molar-refractivity contribution is 5.81. The van der Waals surface area contributed by atoms with Gasteiger partial charge in [-0.25, -0.2) is 0 Å². The first kappa shape index (κ1) is 19.9. The fourth-order valence-corrected chi connectivity index (χ4v) is 1.85. The van der Waals surface area contributed by atoms with Crippen LogP contribution in [0.1, 0.15) is 53.4 Å². The highest BCUT2D eigenvalue weighted by atomic mass is 16.3. The first-order chi connectivity index (χ1) is 9.74. The fourth-order valence-electron chi connectivity index (χ4n) is 1.85. The van der Waals surface area contributed by atoms with E-state index in [9.17, 15) is 14.7 Å². The molecule has 2 atom stereocenters. The molecule has 0 spiro atoms. The number of carbonyl (C=O) groups excluding carboxylic acids is 2. The molecule has 0 fully saturated rings. The summed E-state index contributed by atoms with van der Waals surface area (Å²) in [5.41, 5.74) is -0.878. The van der Waals surface area contributed by atoms with Crippen LogP contribution in [0.25, 0.3) is 0 Å². The Kier molecular flexibility index (Phi) is 9.21. The van der Waals surface area contributed by atoms with Crippen LogP contribution in [0.15, 0.2) is 0 Å². The number of nitrogens with one attached hydrogen (secondary N) is 2. The van der Waals surface area contributed by atoms with Gasteiger partial charge in [0.2, 0.25) is 11.8 Å². The van der Waals surface area contributed by atoms with Crippen molar-refractivity contribution in [1.82, 2.24) is 10.6 Å². The maximum absolute atomic E-state index is 11.7. The zero-order chi connectivity index (χ0) is 16.5. The van der Waals surface area contributed by atoms with E-state index in [0.717, 1.165) is 12.8 Å². The molecule has 0 saturated heterocycles. The Morgan fingerprint density at radius 2 is 1.90 bits per heavy atom. The Labute approximate surface area is 127 Å². The molecule has 0 aliphatic heterocycles. The second-order valence-electron chi connectivity index (χ2n) is 6.20. The van der Waals surface area contributed by atoms with Gasteiger partial charge >= 0.3 is 0 Å². The number of amides is 2. The molecular formula is C15H30N2O4. The van der Waals surface area contributed by atoms with Crippen LogP contribution in [0, 0.1) is 5.41 Å². The summed E-state index contributed by atoms with van der Waals surface area (Å²) in [6.07, 6.45) is 1.57. The topological polar surface area (TPSA) is 98.7 Å². The van der Waals surface area contributed by atoms with Gasteiger partial charge in [-0.2, -0.15) is 0 Å². The van der Waals surface area contributed by atoms with Crippen molar-refractivity contribution in [3.05, 3.63) is 0 Å². The largest absolute Gasteiger partial charge is 0.396 e. The van der Waals surface area contributed by atoms with Crippen molar-refractivity contribution >= 4 is 11.8 Å². The van der Waals surface area contributed by atoms with Gasteiger partial charge in [0.1, 0.15) is 6.10 Å². The van der Waals surface area contributed by atoms with E-state index in [1.165, 1.54) is 0 Å². The molecule has 0 aliphatic carbocycles. The smallest absolute Gasteiger partial charge is 0.249 e. The Morgan fingerprint density at radius 3 is 2.43 bits per heavy atom. The molecule has 0 rings (SSSR count). The lowest BCUT2D eigenvalue weighted by Gasteiger charge is -2.27. The maximum Gasteiger partial charge on any atom is 0.249 e. The molecule has 6 heteroatoms. The van der Waals surface area contributed by atoms with Crippen molar-refractivity contribution in [1.29, 1.82) is 0 Å². The van der Waals surface area contributed by atoms with Gasteiger partial charge in [-0.1, -0.05) is 27.2 Å². The summed E-state index contributed by atoms with van der Waals surface area (Å²) in [6.45, 7) is 7.31. The van der Waals surface area contributed by atoms with Gasteiger partial charge in [-0.05, 0) is 19.8 Å². The van der Waals surface area contributed by atoms with Crippen molar-refractivity contribution in [2.45, 2.75) is 65.5 Å². The Bertz CT molecular complexity index is 332. The minimum absolute atomic E-state index is 0.0264. The molecule has 6 nitrogen and oxygen atoms in total. The van der Waals surface area contributed by atoms with Gasteiger partial charge in [0.05, 0.1) is 6.61 Å². The number of aliphatic hydroxyl groups is 2. The standard InChI is InChI=1S/C15H30N2O4/c1-5-7-11(2)17-12(19)8-6-9-16-14(21)13(20)15(3,4)10-18/h11,13,18,20H,5-10H2,1-4H3,(H,16,21)(H,17,19)/t11?,13-/m0/s1. The van der Waals surface area contributed by atoms with Crippen molar-refractivity contribution in [3.63, 3.8) is 0 Å². The van der Waals surface area contributed by atoms with Crippen LogP contribution in [-0.2, 0) is 9.59 Å². The van der Waals surface area contributed by atoms with Crippen molar-refractivity contribution in [3.8, 4) is 0 Å². The van der Waals surface area contributed by atoms with E-state index in [1.54, 1.807) is 13.8 Å². The van der Waals surface area contributed by atoms with E-state index in [2.05, 4.69) is 17.6 Å². The van der Waals surface area contributed by atoms with E-state index in [1.807, 2.05) is 6.92 Å². The maximum atomic E-state index is 11.7. The van der Waals surface area contributed by atoms with Crippen LogP contribution in [-0.4, -0.2) is 47.3 Å². The summed E-state index contributed by atoms with van der Waals surface area (Å²) < 4.78 is 0. The summed E-state index contributed by atoms with van der Waals surface area (Å²) in [7, 11) is 0. The summed E-state index contributed by atoms with van der Waals surface area (Å²) in [6, 6.07) is 0.171. The monoisotopic (exact) mass is 302 g/mol. The number of aliphatic hydroxyl groups excluding tert-OH is 2. The minimum Gasteiger partial charge on any atom is -0.396 e. The molecule has 0 saturated carbocycles. The van der Waals surface area contributed by atoms with E-state index in [-0.39, 0.29) is 18.6 Å². The first-order valence-corrected chi connectivity index (χ1v) is 7.60. The van der Waals surface area contributed by atoms with Gasteiger partial charge in [0.25, 0.3) is 0 Å². The molecular weight excluding hydrogens is 272 g/mol. The van der Waals surface area contributed by atoms with E-state index < -0.39 is 17.4 Å². The molecule has 0 bridgehead atoms. The average Bonchev–Trinajstić information content (AvgIpc) is 2.42. The molecule has 1 unspecified atom stereocenters. The molecule has 21 heavy (non-hydrogen) atoms. The van der Waals surface area contributed by atoms with E-state index in [4.69, 9.17) is 5.11 Å². The fraction of sp³-hybridized carbons (Fsp3) is 0.867. The quantitative estimate of drug-likeness (QED) is 0.443. The van der Waals surface area contributed by atoms with Crippen LogP contribution in [0.5, 0.6) is 0 Å². The molecule has 0 heterocycles. The second kappa shape index (κ2) is 9.73. The van der Waals surface area contributed by atoms with Gasteiger partial charge in [-0.15, -0.1) is 0 Å². The van der Waals surface area contributed by atoms with Gasteiger partial charge in [-0.3, -0.25) is 9.59 Å². The van der Waals surface area contributed by atoms with Gasteiger partial charge in [0, 0.05) is 24.4 Å².